The fourth-order valence-electron chi connectivity index (χ4n) is 3.38. The van der Waals surface area contributed by atoms with Crippen molar-refractivity contribution in [3.63, 3.8) is 0 Å². The Balaban J connectivity index is 1.85. The van der Waals surface area contributed by atoms with Gasteiger partial charge in [0.1, 0.15) is 0 Å². The van der Waals surface area contributed by atoms with Gasteiger partial charge in [-0.3, -0.25) is 9.59 Å². The Hall–Kier alpha value is -4.04. The Bertz CT molecular complexity index is 1190. The van der Waals surface area contributed by atoms with Crippen LogP contribution in [-0.4, -0.2) is 11.6 Å². The highest BCUT2D eigenvalue weighted by molar-refractivity contribution is 6.21. The molecule has 0 bridgehead atoms. The number of hydrogen-bond acceptors (Lipinski definition) is 2. The lowest BCUT2D eigenvalue weighted by atomic mass is 9.89. The topological polar surface area (TPSA) is 34.1 Å². The van der Waals surface area contributed by atoms with Crippen LogP contribution in [0.3, 0.4) is 0 Å². The second-order valence-electron chi connectivity index (χ2n) is 6.90. The largest absolute Gasteiger partial charge is 0.289 e. The first-order valence-corrected chi connectivity index (χ1v) is 9.79. The molecular formula is C28H20O2. The van der Waals surface area contributed by atoms with Gasteiger partial charge in [-0.1, -0.05) is 121 Å². The van der Waals surface area contributed by atoms with Crippen LogP contribution in [0.4, 0.5) is 0 Å². The number of carbonyl (C=O) groups is 2. The standard InChI is InChI=1S/C28H20O2/c29-27(23-13-6-2-7-14-23)25-18-10-17-22(20-19-21-11-4-1-5-12-21)26(25)28(30)24-15-8-3-9-16-24/h1-20H/b20-19+. The van der Waals surface area contributed by atoms with Crippen LogP contribution in [0.15, 0.2) is 109 Å². The summed E-state index contributed by atoms with van der Waals surface area (Å²) >= 11 is 0. The van der Waals surface area contributed by atoms with E-state index in [4.69, 9.17) is 0 Å². The lowest BCUT2D eigenvalue weighted by Crippen LogP contribution is -2.13. The maximum atomic E-state index is 13.4. The molecule has 0 aliphatic carbocycles. The van der Waals surface area contributed by atoms with Gasteiger partial charge in [-0.15, -0.1) is 0 Å². The van der Waals surface area contributed by atoms with Crippen molar-refractivity contribution < 1.29 is 9.59 Å². The van der Waals surface area contributed by atoms with E-state index >= 15 is 0 Å². The number of ketones is 2. The van der Waals surface area contributed by atoms with E-state index in [2.05, 4.69) is 0 Å². The maximum Gasteiger partial charge on any atom is 0.194 e. The maximum absolute atomic E-state index is 13.4. The molecule has 0 fully saturated rings. The fourth-order valence-corrected chi connectivity index (χ4v) is 3.38. The Morgan fingerprint density at radius 1 is 0.500 bits per heavy atom. The molecule has 0 atom stereocenters. The van der Waals surface area contributed by atoms with Crippen molar-refractivity contribution >= 4 is 23.7 Å². The number of benzene rings is 4. The Morgan fingerprint density at radius 2 is 1.03 bits per heavy atom. The molecule has 0 saturated heterocycles. The van der Waals surface area contributed by atoms with E-state index < -0.39 is 0 Å². The van der Waals surface area contributed by atoms with Gasteiger partial charge in [0.05, 0.1) is 0 Å². The molecule has 144 valence electrons. The van der Waals surface area contributed by atoms with E-state index in [1.807, 2.05) is 91.0 Å². The van der Waals surface area contributed by atoms with Gasteiger partial charge in [0.25, 0.3) is 0 Å². The zero-order valence-electron chi connectivity index (χ0n) is 16.4. The van der Waals surface area contributed by atoms with Crippen molar-refractivity contribution in [2.24, 2.45) is 0 Å². The number of rotatable bonds is 6. The molecule has 0 aliphatic heterocycles. The second-order valence-corrected chi connectivity index (χ2v) is 6.90. The molecular weight excluding hydrogens is 368 g/mol. The summed E-state index contributed by atoms with van der Waals surface area (Å²) in [6.45, 7) is 0. The minimum atomic E-state index is -0.164. The molecule has 2 nitrogen and oxygen atoms in total. The molecule has 4 aromatic rings. The third-order valence-corrected chi connectivity index (χ3v) is 4.90. The monoisotopic (exact) mass is 388 g/mol. The lowest BCUT2D eigenvalue weighted by molar-refractivity contribution is 0.100. The van der Waals surface area contributed by atoms with Crippen LogP contribution < -0.4 is 0 Å². The van der Waals surface area contributed by atoms with Gasteiger partial charge in [-0.05, 0) is 11.1 Å². The lowest BCUT2D eigenvalue weighted by Gasteiger charge is -2.12. The molecule has 0 amide bonds. The molecule has 0 aromatic heterocycles. The molecule has 30 heavy (non-hydrogen) atoms. The van der Waals surface area contributed by atoms with Gasteiger partial charge < -0.3 is 0 Å². The second kappa shape index (κ2) is 8.97. The van der Waals surface area contributed by atoms with Crippen molar-refractivity contribution in [3.8, 4) is 0 Å². The predicted octanol–water partition coefficient (Wildman–Crippen LogP) is 6.32. The summed E-state index contributed by atoms with van der Waals surface area (Å²) in [5.74, 6) is -0.326. The van der Waals surface area contributed by atoms with Gasteiger partial charge in [0, 0.05) is 22.3 Å². The van der Waals surface area contributed by atoms with Crippen molar-refractivity contribution in [1.29, 1.82) is 0 Å². The molecule has 4 rings (SSSR count). The van der Waals surface area contributed by atoms with Crippen LogP contribution in [0.5, 0.6) is 0 Å². The van der Waals surface area contributed by atoms with E-state index in [0.29, 0.717) is 22.3 Å². The molecule has 0 unspecified atom stereocenters. The van der Waals surface area contributed by atoms with Crippen molar-refractivity contribution in [3.05, 3.63) is 143 Å². The van der Waals surface area contributed by atoms with Crippen LogP contribution >= 0.6 is 0 Å². The highest BCUT2D eigenvalue weighted by Crippen LogP contribution is 2.24. The summed E-state index contributed by atoms with van der Waals surface area (Å²) in [5.41, 5.74) is 3.68. The number of carbonyl (C=O) groups excluding carboxylic acids is 2. The van der Waals surface area contributed by atoms with Crippen LogP contribution in [0.1, 0.15) is 43.0 Å². The highest BCUT2D eigenvalue weighted by Gasteiger charge is 2.21. The van der Waals surface area contributed by atoms with Gasteiger partial charge >= 0.3 is 0 Å². The Labute approximate surface area is 176 Å². The smallest absolute Gasteiger partial charge is 0.194 e. The van der Waals surface area contributed by atoms with Crippen molar-refractivity contribution in [2.45, 2.75) is 0 Å². The molecule has 0 N–H and O–H groups in total. The zero-order chi connectivity index (χ0) is 20.8. The van der Waals surface area contributed by atoms with Crippen LogP contribution in [0.2, 0.25) is 0 Å². The normalized spacial score (nSPS) is 10.8. The predicted molar refractivity (Wildman–Crippen MR) is 122 cm³/mol. The quantitative estimate of drug-likeness (QED) is 0.286. The van der Waals surface area contributed by atoms with E-state index in [0.717, 1.165) is 11.1 Å². The van der Waals surface area contributed by atoms with E-state index in [1.165, 1.54) is 0 Å². The third-order valence-electron chi connectivity index (χ3n) is 4.90. The first kappa shape index (κ1) is 19.3. The van der Waals surface area contributed by atoms with Crippen LogP contribution in [-0.2, 0) is 0 Å². The van der Waals surface area contributed by atoms with E-state index in [9.17, 15) is 9.59 Å². The summed E-state index contributed by atoms with van der Waals surface area (Å²) in [6, 6.07) is 33.4. The molecule has 2 heteroatoms. The summed E-state index contributed by atoms with van der Waals surface area (Å²) < 4.78 is 0. The molecule has 0 heterocycles. The Morgan fingerprint density at radius 3 is 1.63 bits per heavy atom. The first-order chi connectivity index (χ1) is 14.7. The summed E-state index contributed by atoms with van der Waals surface area (Å²) in [5, 5.41) is 0. The summed E-state index contributed by atoms with van der Waals surface area (Å²) in [6.07, 6.45) is 3.85. The van der Waals surface area contributed by atoms with Crippen LogP contribution in [0, 0.1) is 0 Å². The minimum Gasteiger partial charge on any atom is -0.289 e. The van der Waals surface area contributed by atoms with Crippen LogP contribution in [0.25, 0.3) is 12.2 Å². The first-order valence-electron chi connectivity index (χ1n) is 9.79. The fraction of sp³-hybridized carbons (Fsp3) is 0. The molecule has 0 radical (unpaired) electrons. The SMILES string of the molecule is O=C(c1ccccc1)c1cccc(/C=C/c2ccccc2)c1C(=O)c1ccccc1. The van der Waals surface area contributed by atoms with Gasteiger partial charge in [0.15, 0.2) is 11.6 Å². The Kier molecular flexibility index (Phi) is 5.77. The summed E-state index contributed by atoms with van der Waals surface area (Å²) in [7, 11) is 0. The zero-order valence-corrected chi connectivity index (χ0v) is 16.4. The average molecular weight is 388 g/mol. The van der Waals surface area contributed by atoms with E-state index in [1.54, 1.807) is 30.3 Å². The molecule has 0 spiro atoms. The van der Waals surface area contributed by atoms with Gasteiger partial charge in [-0.25, -0.2) is 0 Å². The number of hydrogen-bond donors (Lipinski definition) is 0. The summed E-state index contributed by atoms with van der Waals surface area (Å²) in [4.78, 5) is 26.7. The molecule has 0 aliphatic rings. The molecule has 0 saturated carbocycles. The molecule has 4 aromatic carbocycles. The van der Waals surface area contributed by atoms with Gasteiger partial charge in [0.2, 0.25) is 0 Å². The third kappa shape index (κ3) is 4.18. The van der Waals surface area contributed by atoms with Crippen molar-refractivity contribution in [2.75, 3.05) is 0 Å². The average Bonchev–Trinajstić information content (AvgIpc) is 2.83. The van der Waals surface area contributed by atoms with E-state index in [-0.39, 0.29) is 11.6 Å². The van der Waals surface area contributed by atoms with Gasteiger partial charge in [-0.2, -0.15) is 0 Å². The minimum absolute atomic E-state index is 0.162. The highest BCUT2D eigenvalue weighted by atomic mass is 16.1. The van der Waals surface area contributed by atoms with Crippen molar-refractivity contribution in [1.82, 2.24) is 0 Å².